The van der Waals surface area contributed by atoms with Gasteiger partial charge in [-0.25, -0.2) is 0 Å². The zero-order chi connectivity index (χ0) is 24.1. The fourth-order valence-electron chi connectivity index (χ4n) is 2.89. The molecule has 0 amide bonds. The molecule has 0 aromatic heterocycles. The first-order valence-corrected chi connectivity index (χ1v) is 10.6. The summed E-state index contributed by atoms with van der Waals surface area (Å²) < 4.78 is 142. The number of hydrogen-bond donors (Lipinski definition) is 0. The second-order valence-corrected chi connectivity index (χ2v) is 10.3. The zero-order valence-corrected chi connectivity index (χ0v) is 18.8. The maximum atomic E-state index is 13.9. The Morgan fingerprint density at radius 2 is 0.967 bits per heavy atom. The lowest BCUT2D eigenvalue weighted by Gasteiger charge is -2.39. The van der Waals surface area contributed by atoms with Crippen LogP contribution in [0, 0.1) is 0 Å². The molecule has 0 aliphatic heterocycles. The van der Waals surface area contributed by atoms with Crippen LogP contribution in [-0.4, -0.2) is 33.3 Å². The SMILES string of the molecule is CCCCCCCCCCC(C)(I)CC(F)(F)C(F)(F)C(F)(F)C(F)(F)C(F)(F)F. The van der Waals surface area contributed by atoms with Crippen LogP contribution in [0.25, 0.3) is 0 Å². The lowest BCUT2D eigenvalue weighted by atomic mass is 9.89. The summed E-state index contributed by atoms with van der Waals surface area (Å²) in [4.78, 5) is 0. The maximum Gasteiger partial charge on any atom is 0.460 e. The van der Waals surface area contributed by atoms with E-state index in [9.17, 15) is 48.3 Å². The first kappa shape index (κ1) is 30.0. The second kappa shape index (κ2) is 10.7. The predicted octanol–water partition coefficient (Wildman–Crippen LogP) is 9.20. The van der Waals surface area contributed by atoms with Crippen molar-refractivity contribution in [1.29, 1.82) is 0 Å². The van der Waals surface area contributed by atoms with E-state index in [1.165, 1.54) is 22.6 Å². The van der Waals surface area contributed by atoms with Gasteiger partial charge < -0.3 is 0 Å². The summed E-state index contributed by atoms with van der Waals surface area (Å²) in [7, 11) is 0. The first-order chi connectivity index (χ1) is 13.3. The van der Waals surface area contributed by atoms with Crippen LogP contribution in [0.4, 0.5) is 48.3 Å². The standard InChI is InChI=1S/C18H26F11I/c1-3-4-5-6-7-8-9-10-11-13(2,30)12-14(19,20)15(21,22)16(23,24)17(25,26)18(27,28)29/h3-12H2,1-2H3. The van der Waals surface area contributed by atoms with E-state index in [1.54, 1.807) is 0 Å². The van der Waals surface area contributed by atoms with Gasteiger partial charge in [-0.3, -0.25) is 0 Å². The van der Waals surface area contributed by atoms with Crippen molar-refractivity contribution in [3.05, 3.63) is 0 Å². The minimum absolute atomic E-state index is 0.116. The Balaban J connectivity index is 5.04. The monoisotopic (exact) mass is 578 g/mol. The Bertz CT molecular complexity index is 513. The smallest absolute Gasteiger partial charge is 0.200 e. The number of alkyl halides is 12. The van der Waals surface area contributed by atoms with Gasteiger partial charge in [0.15, 0.2) is 0 Å². The predicted molar refractivity (Wildman–Crippen MR) is 100 cm³/mol. The Morgan fingerprint density at radius 3 is 1.37 bits per heavy atom. The van der Waals surface area contributed by atoms with E-state index in [4.69, 9.17) is 0 Å². The molecule has 0 heterocycles. The molecule has 0 radical (unpaired) electrons. The van der Waals surface area contributed by atoms with Crippen molar-refractivity contribution >= 4 is 22.6 Å². The van der Waals surface area contributed by atoms with Gasteiger partial charge >= 0.3 is 29.9 Å². The summed E-state index contributed by atoms with van der Waals surface area (Å²) >= 11 is 1.32. The number of rotatable bonds is 14. The fraction of sp³-hybridized carbons (Fsp3) is 1.00. The van der Waals surface area contributed by atoms with Crippen LogP contribution >= 0.6 is 22.6 Å². The van der Waals surface area contributed by atoms with E-state index in [2.05, 4.69) is 0 Å². The fourth-order valence-corrected chi connectivity index (χ4v) is 3.76. The number of halogens is 12. The molecule has 182 valence electrons. The number of hydrogen-bond acceptors (Lipinski definition) is 0. The summed E-state index contributed by atoms with van der Waals surface area (Å²) in [6.07, 6.45) is -2.58. The van der Waals surface area contributed by atoms with Gasteiger partial charge in [-0.05, 0) is 6.42 Å². The van der Waals surface area contributed by atoms with E-state index in [0.29, 0.717) is 12.8 Å². The Labute approximate surface area is 182 Å². The van der Waals surface area contributed by atoms with Crippen LogP contribution in [0.5, 0.6) is 0 Å². The highest BCUT2D eigenvalue weighted by Crippen LogP contribution is 2.59. The van der Waals surface area contributed by atoms with Crippen LogP contribution < -0.4 is 0 Å². The van der Waals surface area contributed by atoms with E-state index in [1.807, 2.05) is 6.92 Å². The highest BCUT2D eigenvalue weighted by atomic mass is 127. The van der Waals surface area contributed by atoms with Gasteiger partial charge in [-0.2, -0.15) is 48.3 Å². The normalized spacial score (nSPS) is 16.6. The molecule has 0 aromatic rings. The Kier molecular flexibility index (Phi) is 10.7. The van der Waals surface area contributed by atoms with Crippen molar-refractivity contribution < 1.29 is 48.3 Å². The van der Waals surface area contributed by atoms with E-state index < -0.39 is 39.7 Å². The molecule has 0 aromatic carbocycles. The van der Waals surface area contributed by atoms with Crippen molar-refractivity contribution in [3.8, 4) is 0 Å². The molecule has 0 aliphatic carbocycles. The molecule has 12 heteroatoms. The van der Waals surface area contributed by atoms with E-state index in [-0.39, 0.29) is 6.42 Å². The third-order valence-corrected chi connectivity index (χ3v) is 5.67. The lowest BCUT2D eigenvalue weighted by Crippen LogP contribution is -2.67. The van der Waals surface area contributed by atoms with Gasteiger partial charge in [0.25, 0.3) is 0 Å². The molecular formula is C18H26F11I. The van der Waals surface area contributed by atoms with Gasteiger partial charge in [0.05, 0.1) is 0 Å². The molecule has 0 saturated carbocycles. The molecule has 0 nitrogen and oxygen atoms in total. The average Bonchev–Trinajstić information content (AvgIpc) is 2.54. The topological polar surface area (TPSA) is 0 Å². The third-order valence-electron chi connectivity index (χ3n) is 4.75. The van der Waals surface area contributed by atoms with Gasteiger partial charge in [-0.1, -0.05) is 87.8 Å². The molecule has 0 bridgehead atoms. The second-order valence-electron chi connectivity index (χ2n) is 7.74. The van der Waals surface area contributed by atoms with Gasteiger partial charge in [-0.15, -0.1) is 0 Å². The van der Waals surface area contributed by atoms with Crippen molar-refractivity contribution in [2.24, 2.45) is 0 Å². The molecular weight excluding hydrogens is 552 g/mol. The van der Waals surface area contributed by atoms with Crippen LogP contribution in [0.2, 0.25) is 0 Å². The van der Waals surface area contributed by atoms with Crippen LogP contribution in [-0.2, 0) is 0 Å². The highest BCUT2D eigenvalue weighted by Gasteiger charge is 2.87. The molecule has 1 unspecified atom stereocenters. The van der Waals surface area contributed by atoms with Crippen LogP contribution in [0.15, 0.2) is 0 Å². The third kappa shape index (κ3) is 7.25. The quantitative estimate of drug-likeness (QED) is 0.0835. The molecule has 0 spiro atoms. The van der Waals surface area contributed by atoms with Crippen molar-refractivity contribution in [3.63, 3.8) is 0 Å². The Morgan fingerprint density at radius 1 is 0.567 bits per heavy atom. The minimum Gasteiger partial charge on any atom is -0.200 e. The molecule has 0 aliphatic rings. The summed E-state index contributed by atoms with van der Waals surface area (Å²) in [5.41, 5.74) is 0. The van der Waals surface area contributed by atoms with Crippen molar-refractivity contribution in [2.45, 2.75) is 111 Å². The van der Waals surface area contributed by atoms with Gasteiger partial charge in [0, 0.05) is 9.84 Å². The van der Waals surface area contributed by atoms with Crippen LogP contribution in [0.3, 0.4) is 0 Å². The van der Waals surface area contributed by atoms with Gasteiger partial charge in [0.2, 0.25) is 0 Å². The summed E-state index contributed by atoms with van der Waals surface area (Å²) in [6.45, 7) is 3.08. The van der Waals surface area contributed by atoms with Crippen molar-refractivity contribution in [2.75, 3.05) is 0 Å². The molecule has 0 fully saturated rings. The van der Waals surface area contributed by atoms with E-state index >= 15 is 0 Å². The zero-order valence-electron chi connectivity index (χ0n) is 16.6. The highest BCUT2D eigenvalue weighted by molar-refractivity contribution is 14.1. The summed E-state index contributed by atoms with van der Waals surface area (Å²) in [6, 6.07) is 0. The summed E-state index contributed by atoms with van der Waals surface area (Å²) in [5, 5.41) is 0. The molecule has 1 atom stereocenters. The lowest BCUT2D eigenvalue weighted by molar-refractivity contribution is -0.422. The van der Waals surface area contributed by atoms with Crippen molar-refractivity contribution in [1.82, 2.24) is 0 Å². The van der Waals surface area contributed by atoms with Crippen LogP contribution in [0.1, 0.15) is 78.1 Å². The minimum atomic E-state index is -7.33. The number of unbranched alkanes of at least 4 members (excludes halogenated alkanes) is 7. The van der Waals surface area contributed by atoms with Gasteiger partial charge in [0.1, 0.15) is 0 Å². The van der Waals surface area contributed by atoms with E-state index in [0.717, 1.165) is 45.4 Å². The largest absolute Gasteiger partial charge is 0.460 e. The average molecular weight is 578 g/mol. The molecule has 0 rings (SSSR count). The molecule has 0 N–H and O–H groups in total. The summed E-state index contributed by atoms with van der Waals surface area (Å²) in [5.74, 6) is -27.4. The maximum absolute atomic E-state index is 13.9. The first-order valence-electron chi connectivity index (χ1n) is 9.54. The Hall–Kier alpha value is -0.0400. The molecule has 0 saturated heterocycles. The molecule has 30 heavy (non-hydrogen) atoms.